The van der Waals surface area contributed by atoms with E-state index < -0.39 is 0 Å². The van der Waals surface area contributed by atoms with Crippen molar-refractivity contribution in [2.45, 2.75) is 63.2 Å². The van der Waals surface area contributed by atoms with Gasteiger partial charge in [0.2, 0.25) is 5.91 Å². The molecule has 1 amide bonds. The van der Waals surface area contributed by atoms with Gasteiger partial charge in [-0.1, -0.05) is 30.3 Å². The van der Waals surface area contributed by atoms with Crippen LogP contribution in [0.3, 0.4) is 0 Å². The number of amides is 1. The fourth-order valence-corrected chi connectivity index (χ4v) is 4.44. The number of piperidine rings is 1. The molecule has 4 heteroatoms. The van der Waals surface area contributed by atoms with Crippen LogP contribution >= 0.6 is 0 Å². The number of rotatable bonds is 6. The van der Waals surface area contributed by atoms with Crippen molar-refractivity contribution in [1.82, 2.24) is 10.2 Å². The Balaban J connectivity index is 1.28. The van der Waals surface area contributed by atoms with E-state index in [9.17, 15) is 4.79 Å². The summed E-state index contributed by atoms with van der Waals surface area (Å²) in [6, 6.07) is 16.1. The fraction of sp³-hybridized carbons (Fsp3) is 0.476. The molecule has 3 heterocycles. The van der Waals surface area contributed by atoms with Crippen molar-refractivity contribution in [2.75, 3.05) is 0 Å². The molecule has 1 aromatic heterocycles. The number of carbonyl (C=O) groups excluding carboxylic acids is 1. The van der Waals surface area contributed by atoms with Crippen molar-refractivity contribution >= 4 is 5.91 Å². The standard InChI is InChI=1S/C21H26N2O2/c24-21(11-10-20-7-4-12-25-20)22-17-13-18-8-9-19(14-17)23(18)15-16-5-2-1-3-6-16/h1-7,12,17-19H,8-11,13-15H2,(H,22,24). The molecule has 0 radical (unpaired) electrons. The van der Waals surface area contributed by atoms with E-state index >= 15 is 0 Å². The monoisotopic (exact) mass is 338 g/mol. The predicted molar refractivity (Wildman–Crippen MR) is 97.0 cm³/mol. The van der Waals surface area contributed by atoms with E-state index in [-0.39, 0.29) is 5.91 Å². The highest BCUT2D eigenvalue weighted by molar-refractivity contribution is 5.76. The molecule has 2 aliphatic rings. The average Bonchev–Trinajstić information content (AvgIpc) is 3.21. The van der Waals surface area contributed by atoms with Crippen LogP contribution in [0.25, 0.3) is 0 Å². The molecule has 0 aliphatic carbocycles. The van der Waals surface area contributed by atoms with Crippen LogP contribution in [0, 0.1) is 0 Å². The lowest BCUT2D eigenvalue weighted by molar-refractivity contribution is -0.122. The third-order valence-electron chi connectivity index (χ3n) is 5.64. The molecule has 2 atom stereocenters. The normalized spacial score (nSPS) is 25.8. The van der Waals surface area contributed by atoms with Gasteiger partial charge in [0.25, 0.3) is 0 Å². The van der Waals surface area contributed by atoms with Gasteiger partial charge in [0.15, 0.2) is 0 Å². The summed E-state index contributed by atoms with van der Waals surface area (Å²) < 4.78 is 5.30. The largest absolute Gasteiger partial charge is 0.469 e. The van der Waals surface area contributed by atoms with Gasteiger partial charge in [-0.2, -0.15) is 0 Å². The van der Waals surface area contributed by atoms with Crippen LogP contribution in [0.5, 0.6) is 0 Å². The SMILES string of the molecule is O=C(CCc1ccco1)NC1CC2CCC(C1)N2Cc1ccccc1. The maximum absolute atomic E-state index is 12.2. The Morgan fingerprint density at radius 1 is 1.08 bits per heavy atom. The number of carbonyl (C=O) groups is 1. The quantitative estimate of drug-likeness (QED) is 0.876. The molecule has 0 saturated carbocycles. The van der Waals surface area contributed by atoms with E-state index in [1.165, 1.54) is 18.4 Å². The van der Waals surface area contributed by atoms with Gasteiger partial charge in [-0.05, 0) is 43.4 Å². The maximum atomic E-state index is 12.2. The zero-order valence-corrected chi connectivity index (χ0v) is 14.6. The molecule has 4 rings (SSSR count). The predicted octanol–water partition coefficient (Wildman–Crippen LogP) is 3.52. The van der Waals surface area contributed by atoms with Crippen molar-refractivity contribution < 1.29 is 9.21 Å². The summed E-state index contributed by atoms with van der Waals surface area (Å²) in [5.74, 6) is 1.03. The summed E-state index contributed by atoms with van der Waals surface area (Å²) in [6.45, 7) is 1.04. The Kier molecular flexibility index (Phi) is 4.88. The van der Waals surface area contributed by atoms with Gasteiger partial charge in [-0.25, -0.2) is 0 Å². The second-order valence-electron chi connectivity index (χ2n) is 7.36. The van der Waals surface area contributed by atoms with Gasteiger partial charge in [-0.3, -0.25) is 9.69 Å². The minimum atomic E-state index is 0.150. The summed E-state index contributed by atoms with van der Waals surface area (Å²) in [7, 11) is 0. The molecular formula is C21H26N2O2. The van der Waals surface area contributed by atoms with Crippen LogP contribution in [0.15, 0.2) is 53.1 Å². The first-order chi connectivity index (χ1) is 12.3. The first kappa shape index (κ1) is 16.4. The Morgan fingerprint density at radius 2 is 1.84 bits per heavy atom. The molecule has 4 nitrogen and oxygen atoms in total. The molecule has 2 unspecified atom stereocenters. The van der Waals surface area contributed by atoms with E-state index in [1.54, 1.807) is 6.26 Å². The number of nitrogens with zero attached hydrogens (tertiary/aromatic N) is 1. The third kappa shape index (κ3) is 3.96. The van der Waals surface area contributed by atoms with Crippen LogP contribution in [-0.2, 0) is 17.8 Å². The van der Waals surface area contributed by atoms with Crippen LogP contribution in [0.2, 0.25) is 0 Å². The highest BCUT2D eigenvalue weighted by Gasteiger charge is 2.40. The van der Waals surface area contributed by atoms with Crippen molar-refractivity contribution in [3.8, 4) is 0 Å². The highest BCUT2D eigenvalue weighted by Crippen LogP contribution is 2.36. The molecule has 2 aromatic rings. The van der Waals surface area contributed by atoms with Gasteiger partial charge in [0.05, 0.1) is 6.26 Å². The lowest BCUT2D eigenvalue weighted by atomic mass is 9.96. The molecule has 25 heavy (non-hydrogen) atoms. The van der Waals surface area contributed by atoms with Crippen LogP contribution < -0.4 is 5.32 Å². The Labute approximate surface area is 149 Å². The molecule has 2 bridgehead atoms. The summed E-state index contributed by atoms with van der Waals surface area (Å²) >= 11 is 0. The lowest BCUT2D eigenvalue weighted by Crippen LogP contribution is -2.50. The number of furan rings is 1. The average molecular weight is 338 g/mol. The van der Waals surface area contributed by atoms with E-state index in [2.05, 4.69) is 40.5 Å². The van der Waals surface area contributed by atoms with Crippen molar-refractivity contribution in [2.24, 2.45) is 0 Å². The van der Waals surface area contributed by atoms with E-state index in [0.717, 1.165) is 25.1 Å². The molecule has 0 spiro atoms. The molecule has 2 saturated heterocycles. The number of hydrogen-bond donors (Lipinski definition) is 1. The topological polar surface area (TPSA) is 45.5 Å². The zero-order valence-electron chi connectivity index (χ0n) is 14.6. The number of nitrogens with one attached hydrogen (secondary N) is 1. The second-order valence-corrected chi connectivity index (χ2v) is 7.36. The Hall–Kier alpha value is -2.07. The zero-order chi connectivity index (χ0) is 17.1. The van der Waals surface area contributed by atoms with Gasteiger partial charge in [0.1, 0.15) is 5.76 Å². The Morgan fingerprint density at radius 3 is 2.52 bits per heavy atom. The van der Waals surface area contributed by atoms with Gasteiger partial charge in [0, 0.05) is 37.5 Å². The highest BCUT2D eigenvalue weighted by atomic mass is 16.3. The lowest BCUT2D eigenvalue weighted by Gasteiger charge is -2.39. The molecular weight excluding hydrogens is 312 g/mol. The minimum Gasteiger partial charge on any atom is -0.469 e. The smallest absolute Gasteiger partial charge is 0.220 e. The summed E-state index contributed by atoms with van der Waals surface area (Å²) in [4.78, 5) is 14.9. The van der Waals surface area contributed by atoms with Crippen LogP contribution in [0.4, 0.5) is 0 Å². The molecule has 1 N–H and O–H groups in total. The Bertz CT molecular complexity index is 669. The first-order valence-corrected chi connectivity index (χ1v) is 9.39. The molecule has 2 aliphatic heterocycles. The van der Waals surface area contributed by atoms with E-state index in [4.69, 9.17) is 4.42 Å². The number of aryl methyl sites for hydroxylation is 1. The van der Waals surface area contributed by atoms with Crippen molar-refractivity contribution in [3.05, 3.63) is 60.1 Å². The maximum Gasteiger partial charge on any atom is 0.220 e. The van der Waals surface area contributed by atoms with Gasteiger partial charge in [-0.15, -0.1) is 0 Å². The van der Waals surface area contributed by atoms with Gasteiger partial charge < -0.3 is 9.73 Å². The number of fused-ring (bicyclic) bond motifs is 2. The first-order valence-electron chi connectivity index (χ1n) is 9.39. The number of hydrogen-bond acceptors (Lipinski definition) is 3. The summed E-state index contributed by atoms with van der Waals surface area (Å²) in [6.07, 6.45) is 7.52. The van der Waals surface area contributed by atoms with Crippen molar-refractivity contribution in [1.29, 1.82) is 0 Å². The minimum absolute atomic E-state index is 0.150. The second kappa shape index (κ2) is 7.44. The molecule has 2 fully saturated rings. The molecule has 132 valence electrons. The van der Waals surface area contributed by atoms with Crippen molar-refractivity contribution in [3.63, 3.8) is 0 Å². The fourth-order valence-electron chi connectivity index (χ4n) is 4.44. The summed E-state index contributed by atoms with van der Waals surface area (Å²) in [5.41, 5.74) is 1.39. The van der Waals surface area contributed by atoms with E-state index in [1.807, 2.05) is 12.1 Å². The third-order valence-corrected chi connectivity index (χ3v) is 5.64. The van der Waals surface area contributed by atoms with Crippen LogP contribution in [-0.4, -0.2) is 28.9 Å². The van der Waals surface area contributed by atoms with E-state index in [0.29, 0.717) is 31.0 Å². The van der Waals surface area contributed by atoms with Crippen LogP contribution in [0.1, 0.15) is 43.4 Å². The summed E-state index contributed by atoms with van der Waals surface area (Å²) in [5, 5.41) is 3.26. The molecule has 1 aromatic carbocycles. The number of benzene rings is 1. The van der Waals surface area contributed by atoms with Gasteiger partial charge >= 0.3 is 0 Å².